The maximum Gasteiger partial charge on any atom is 0.391 e. The van der Waals surface area contributed by atoms with E-state index in [1.807, 2.05) is 0 Å². The second kappa shape index (κ2) is 5.84. The third-order valence-electron chi connectivity index (χ3n) is 3.01. The average Bonchev–Trinajstić information content (AvgIpc) is 3.10. The first-order valence-corrected chi connectivity index (χ1v) is 8.10. The summed E-state index contributed by atoms with van der Waals surface area (Å²) in [6.07, 6.45) is -3.50. The molecule has 0 bridgehead atoms. The molecule has 1 unspecified atom stereocenters. The molecule has 0 heterocycles. The van der Waals surface area contributed by atoms with Gasteiger partial charge in [0.05, 0.1) is 11.3 Å². The van der Waals surface area contributed by atoms with E-state index in [1.165, 1.54) is 31.2 Å². The van der Waals surface area contributed by atoms with E-state index in [0.29, 0.717) is 5.69 Å². The summed E-state index contributed by atoms with van der Waals surface area (Å²) in [5, 5.41) is 2.69. The van der Waals surface area contributed by atoms with Crippen molar-refractivity contribution >= 4 is 15.7 Å². The van der Waals surface area contributed by atoms with Crippen LogP contribution in [0.15, 0.2) is 29.2 Å². The standard InChI is InChI=1S/C13H17F3N2O2S/c1-9(8-13(14,15)16)17-10-4-6-12(7-5-10)21(19,20)18-11-2-3-11/h4-7,9,11,17-18H,2-3,8H2,1H3. The van der Waals surface area contributed by atoms with Crippen LogP contribution in [-0.4, -0.2) is 26.7 Å². The molecule has 2 N–H and O–H groups in total. The molecule has 1 atom stereocenters. The summed E-state index contributed by atoms with van der Waals surface area (Å²) in [5.41, 5.74) is 0.456. The molecule has 0 radical (unpaired) electrons. The summed E-state index contributed by atoms with van der Waals surface area (Å²) in [6.45, 7) is 1.42. The Labute approximate surface area is 121 Å². The van der Waals surface area contributed by atoms with E-state index in [-0.39, 0.29) is 10.9 Å². The lowest BCUT2D eigenvalue weighted by molar-refractivity contribution is -0.136. The van der Waals surface area contributed by atoms with E-state index in [1.54, 1.807) is 0 Å². The molecule has 118 valence electrons. The van der Waals surface area contributed by atoms with Gasteiger partial charge in [-0.1, -0.05) is 0 Å². The summed E-state index contributed by atoms with van der Waals surface area (Å²) in [7, 11) is -3.53. The lowest BCUT2D eigenvalue weighted by Gasteiger charge is -2.17. The van der Waals surface area contributed by atoms with Crippen molar-refractivity contribution in [3.63, 3.8) is 0 Å². The Bertz CT molecular complexity index is 580. The van der Waals surface area contributed by atoms with Crippen molar-refractivity contribution in [3.05, 3.63) is 24.3 Å². The van der Waals surface area contributed by atoms with Crippen molar-refractivity contribution in [2.24, 2.45) is 0 Å². The zero-order valence-corrected chi connectivity index (χ0v) is 12.3. The molecule has 1 aromatic rings. The van der Waals surface area contributed by atoms with Gasteiger partial charge in [-0.2, -0.15) is 13.2 Å². The quantitative estimate of drug-likeness (QED) is 0.847. The zero-order valence-electron chi connectivity index (χ0n) is 11.4. The summed E-state index contributed by atoms with van der Waals surface area (Å²) in [6, 6.07) is 4.93. The number of hydrogen-bond acceptors (Lipinski definition) is 3. The highest BCUT2D eigenvalue weighted by Gasteiger charge is 2.30. The van der Waals surface area contributed by atoms with Gasteiger partial charge in [-0.3, -0.25) is 0 Å². The van der Waals surface area contributed by atoms with E-state index < -0.39 is 28.7 Å². The van der Waals surface area contributed by atoms with Crippen LogP contribution in [0.25, 0.3) is 0 Å². The van der Waals surface area contributed by atoms with Gasteiger partial charge in [0.25, 0.3) is 0 Å². The van der Waals surface area contributed by atoms with Gasteiger partial charge in [-0.25, -0.2) is 13.1 Å². The fourth-order valence-corrected chi connectivity index (χ4v) is 3.21. The molecule has 8 heteroatoms. The van der Waals surface area contributed by atoms with Gasteiger partial charge < -0.3 is 5.32 Å². The van der Waals surface area contributed by atoms with Gasteiger partial charge in [0, 0.05) is 17.8 Å². The molecular formula is C13H17F3N2O2S. The van der Waals surface area contributed by atoms with E-state index in [0.717, 1.165) is 12.8 Å². The maximum atomic E-state index is 12.2. The molecule has 1 saturated carbocycles. The SMILES string of the molecule is CC(CC(F)(F)F)Nc1ccc(S(=O)(=O)NC2CC2)cc1. The van der Waals surface area contributed by atoms with Crippen LogP contribution < -0.4 is 10.0 Å². The van der Waals surface area contributed by atoms with Gasteiger partial charge in [0.1, 0.15) is 0 Å². The first kappa shape index (κ1) is 16.1. The highest BCUT2D eigenvalue weighted by atomic mass is 32.2. The minimum atomic E-state index is -4.23. The number of hydrogen-bond donors (Lipinski definition) is 2. The van der Waals surface area contributed by atoms with E-state index in [9.17, 15) is 21.6 Å². The van der Waals surface area contributed by atoms with Gasteiger partial charge in [0.2, 0.25) is 10.0 Å². The van der Waals surface area contributed by atoms with Crippen LogP contribution in [0.5, 0.6) is 0 Å². The molecule has 1 fully saturated rings. The second-order valence-electron chi connectivity index (χ2n) is 5.28. The molecule has 4 nitrogen and oxygen atoms in total. The largest absolute Gasteiger partial charge is 0.391 e. The predicted octanol–water partition coefficient (Wildman–Crippen LogP) is 2.88. The van der Waals surface area contributed by atoms with Crippen LogP contribution >= 0.6 is 0 Å². The van der Waals surface area contributed by atoms with Crippen molar-refractivity contribution in [2.45, 2.75) is 49.3 Å². The Morgan fingerprint density at radius 1 is 1.24 bits per heavy atom. The lowest BCUT2D eigenvalue weighted by Crippen LogP contribution is -2.26. The molecule has 0 aromatic heterocycles. The number of alkyl halides is 3. The highest BCUT2D eigenvalue weighted by molar-refractivity contribution is 7.89. The fraction of sp³-hybridized carbons (Fsp3) is 0.538. The van der Waals surface area contributed by atoms with Crippen molar-refractivity contribution in [1.82, 2.24) is 4.72 Å². The number of sulfonamides is 1. The van der Waals surface area contributed by atoms with Crippen LogP contribution in [0.1, 0.15) is 26.2 Å². The van der Waals surface area contributed by atoms with Crippen LogP contribution in [-0.2, 0) is 10.0 Å². The third-order valence-corrected chi connectivity index (χ3v) is 4.55. The number of nitrogens with one attached hydrogen (secondary N) is 2. The van der Waals surface area contributed by atoms with Crippen LogP contribution in [0, 0.1) is 0 Å². The molecule has 2 rings (SSSR count). The topological polar surface area (TPSA) is 58.2 Å². The predicted molar refractivity (Wildman–Crippen MR) is 73.5 cm³/mol. The molecule has 21 heavy (non-hydrogen) atoms. The van der Waals surface area contributed by atoms with Crippen LogP contribution in [0.2, 0.25) is 0 Å². The number of rotatable bonds is 6. The lowest BCUT2D eigenvalue weighted by atomic mass is 10.2. The monoisotopic (exact) mass is 322 g/mol. The Morgan fingerprint density at radius 2 is 1.81 bits per heavy atom. The van der Waals surface area contributed by atoms with E-state index >= 15 is 0 Å². The van der Waals surface area contributed by atoms with Crippen molar-refractivity contribution in [3.8, 4) is 0 Å². The van der Waals surface area contributed by atoms with Crippen molar-refractivity contribution in [2.75, 3.05) is 5.32 Å². The summed E-state index contributed by atoms with van der Waals surface area (Å²) < 4.78 is 63.1. The fourth-order valence-electron chi connectivity index (χ4n) is 1.90. The van der Waals surface area contributed by atoms with Gasteiger partial charge in [0.15, 0.2) is 0 Å². The van der Waals surface area contributed by atoms with Crippen molar-refractivity contribution < 1.29 is 21.6 Å². The second-order valence-corrected chi connectivity index (χ2v) is 7.00. The summed E-state index contributed by atoms with van der Waals surface area (Å²) in [5.74, 6) is 0. The Balaban J connectivity index is 1.98. The Kier molecular flexibility index (Phi) is 4.48. The summed E-state index contributed by atoms with van der Waals surface area (Å²) >= 11 is 0. The smallest absolute Gasteiger partial charge is 0.382 e. The third kappa shape index (κ3) is 5.20. The Morgan fingerprint density at radius 3 is 2.29 bits per heavy atom. The Hall–Kier alpha value is -1.28. The molecule has 0 aliphatic heterocycles. The van der Waals surface area contributed by atoms with Crippen LogP contribution in [0.4, 0.5) is 18.9 Å². The molecule has 1 aliphatic rings. The van der Waals surface area contributed by atoms with E-state index in [4.69, 9.17) is 0 Å². The van der Waals surface area contributed by atoms with E-state index in [2.05, 4.69) is 10.0 Å². The van der Waals surface area contributed by atoms with Crippen molar-refractivity contribution in [1.29, 1.82) is 0 Å². The normalized spacial score (nSPS) is 17.5. The molecule has 0 saturated heterocycles. The average molecular weight is 322 g/mol. The molecule has 1 aromatic carbocycles. The first-order chi connectivity index (χ1) is 9.66. The first-order valence-electron chi connectivity index (χ1n) is 6.61. The minimum absolute atomic E-state index is 0.0135. The number of benzene rings is 1. The molecule has 0 amide bonds. The summed E-state index contributed by atoms with van der Waals surface area (Å²) in [4.78, 5) is 0.114. The van der Waals surface area contributed by atoms with Gasteiger partial charge in [-0.05, 0) is 44.0 Å². The zero-order chi connectivity index (χ0) is 15.7. The number of anilines is 1. The minimum Gasteiger partial charge on any atom is -0.382 e. The maximum absolute atomic E-state index is 12.2. The van der Waals surface area contributed by atoms with Gasteiger partial charge in [-0.15, -0.1) is 0 Å². The molecular weight excluding hydrogens is 305 g/mol. The molecule has 1 aliphatic carbocycles. The van der Waals surface area contributed by atoms with Gasteiger partial charge >= 0.3 is 6.18 Å². The van der Waals surface area contributed by atoms with Crippen LogP contribution in [0.3, 0.4) is 0 Å². The highest BCUT2D eigenvalue weighted by Crippen LogP contribution is 2.25. The molecule has 0 spiro atoms. The number of halogens is 3.